The van der Waals surface area contributed by atoms with Gasteiger partial charge in [-0.2, -0.15) is 0 Å². The number of rotatable bonds is 5. The maximum atomic E-state index is 5.81. The van der Waals surface area contributed by atoms with Crippen molar-refractivity contribution in [1.82, 2.24) is 4.90 Å². The van der Waals surface area contributed by atoms with E-state index in [1.165, 1.54) is 5.56 Å². The van der Waals surface area contributed by atoms with Crippen molar-refractivity contribution >= 4 is 24.0 Å². The molecule has 3 heteroatoms. The molecule has 1 aromatic rings. The van der Waals surface area contributed by atoms with Gasteiger partial charge in [-0.15, -0.1) is 24.0 Å². The molecule has 0 heterocycles. The molecule has 0 bridgehead atoms. The monoisotopic (exact) mass is 261 g/mol. The van der Waals surface area contributed by atoms with Crippen molar-refractivity contribution in [2.45, 2.75) is 32.4 Å². The highest BCUT2D eigenvalue weighted by Gasteiger charge is 2.22. The summed E-state index contributed by atoms with van der Waals surface area (Å²) in [5.74, 6) is 0.714. The van der Waals surface area contributed by atoms with Gasteiger partial charge >= 0.3 is 0 Å². The van der Waals surface area contributed by atoms with E-state index in [0.717, 1.165) is 13.0 Å². The Morgan fingerprint density at radius 2 is 1.75 bits per heavy atom. The van der Waals surface area contributed by atoms with E-state index in [0.29, 0.717) is 5.88 Å². The van der Waals surface area contributed by atoms with Gasteiger partial charge in [-0.1, -0.05) is 30.3 Å². The Hall–Kier alpha value is -0.240. The minimum Gasteiger partial charge on any atom is -0.297 e. The molecule has 0 spiro atoms. The lowest BCUT2D eigenvalue weighted by Crippen LogP contribution is -2.40. The normalized spacial score (nSPS) is 11.3. The third-order valence-corrected chi connectivity index (χ3v) is 3.19. The minimum atomic E-state index is 0. The summed E-state index contributed by atoms with van der Waals surface area (Å²) in [5, 5.41) is 0. The van der Waals surface area contributed by atoms with E-state index in [9.17, 15) is 0 Å². The van der Waals surface area contributed by atoms with E-state index in [4.69, 9.17) is 11.6 Å². The second-order valence-electron chi connectivity index (χ2n) is 4.59. The highest BCUT2D eigenvalue weighted by Crippen LogP contribution is 2.19. The smallest absolute Gasteiger partial charge is 0.0240 e. The van der Waals surface area contributed by atoms with Gasteiger partial charge in [0.15, 0.2) is 0 Å². The minimum absolute atomic E-state index is 0. The molecule has 0 atom stereocenters. The summed E-state index contributed by atoms with van der Waals surface area (Å²) in [6, 6.07) is 10.5. The Bertz CT molecular complexity index is 285. The van der Waals surface area contributed by atoms with E-state index in [-0.39, 0.29) is 17.9 Å². The van der Waals surface area contributed by atoms with E-state index >= 15 is 0 Å². The van der Waals surface area contributed by atoms with Crippen LogP contribution in [0.4, 0.5) is 0 Å². The molecule has 0 unspecified atom stereocenters. The van der Waals surface area contributed by atoms with Crippen molar-refractivity contribution in [2.24, 2.45) is 0 Å². The van der Waals surface area contributed by atoms with Gasteiger partial charge in [0, 0.05) is 18.0 Å². The largest absolute Gasteiger partial charge is 0.297 e. The van der Waals surface area contributed by atoms with Crippen LogP contribution in [0.1, 0.15) is 25.8 Å². The van der Waals surface area contributed by atoms with Crippen LogP contribution in [-0.2, 0) is 6.54 Å². The molecule has 0 saturated carbocycles. The van der Waals surface area contributed by atoms with Gasteiger partial charge in [-0.05, 0) is 32.9 Å². The van der Waals surface area contributed by atoms with Crippen LogP contribution in [0.2, 0.25) is 0 Å². The molecule has 0 N–H and O–H groups in total. The van der Waals surface area contributed by atoms with Gasteiger partial charge in [0.05, 0.1) is 0 Å². The van der Waals surface area contributed by atoms with Gasteiger partial charge in [-0.3, -0.25) is 4.90 Å². The van der Waals surface area contributed by atoms with E-state index in [1.54, 1.807) is 0 Å². The molecular weight excluding hydrogens is 241 g/mol. The van der Waals surface area contributed by atoms with E-state index in [1.807, 2.05) is 6.07 Å². The second-order valence-corrected chi connectivity index (χ2v) is 4.97. The first-order valence-electron chi connectivity index (χ1n) is 5.37. The van der Waals surface area contributed by atoms with Crippen LogP contribution in [0.3, 0.4) is 0 Å². The molecule has 0 radical (unpaired) electrons. The van der Waals surface area contributed by atoms with Crippen LogP contribution in [-0.4, -0.2) is 23.4 Å². The number of alkyl halides is 1. The fraction of sp³-hybridized carbons (Fsp3) is 0.538. The first kappa shape index (κ1) is 15.8. The lowest BCUT2D eigenvalue weighted by Gasteiger charge is -2.35. The third kappa shape index (κ3) is 4.73. The van der Waals surface area contributed by atoms with E-state index in [2.05, 4.69) is 50.1 Å². The Kier molecular flexibility index (Phi) is 7.05. The number of halogens is 2. The first-order chi connectivity index (χ1) is 7.06. The maximum absolute atomic E-state index is 5.81. The molecule has 0 aromatic heterocycles. The zero-order valence-corrected chi connectivity index (χ0v) is 11.8. The quantitative estimate of drug-likeness (QED) is 0.726. The predicted octanol–water partition coefficient (Wildman–Crippen LogP) is 3.95. The molecule has 0 aliphatic heterocycles. The van der Waals surface area contributed by atoms with Gasteiger partial charge in [0.2, 0.25) is 0 Å². The summed E-state index contributed by atoms with van der Waals surface area (Å²) in [6.45, 7) is 5.45. The third-order valence-electron chi connectivity index (χ3n) is 3.00. The van der Waals surface area contributed by atoms with Crippen LogP contribution in [0.25, 0.3) is 0 Å². The Morgan fingerprint density at radius 1 is 1.19 bits per heavy atom. The molecule has 0 aliphatic carbocycles. The van der Waals surface area contributed by atoms with Gasteiger partial charge in [0.25, 0.3) is 0 Å². The van der Waals surface area contributed by atoms with Crippen LogP contribution < -0.4 is 0 Å². The molecule has 1 rings (SSSR count). The number of hydrogen-bond donors (Lipinski definition) is 0. The lowest BCUT2D eigenvalue weighted by molar-refractivity contribution is 0.144. The topological polar surface area (TPSA) is 3.24 Å². The summed E-state index contributed by atoms with van der Waals surface area (Å²) in [6.07, 6.45) is 1.01. The second kappa shape index (κ2) is 7.16. The van der Waals surface area contributed by atoms with Crippen molar-refractivity contribution in [3.63, 3.8) is 0 Å². The molecule has 16 heavy (non-hydrogen) atoms. The van der Waals surface area contributed by atoms with Crippen LogP contribution >= 0.6 is 24.0 Å². The molecule has 1 nitrogen and oxygen atoms in total. The SMILES string of the molecule is CN(Cc1ccccc1)C(C)(C)CCCl.Cl. The van der Waals surface area contributed by atoms with Gasteiger partial charge in [-0.25, -0.2) is 0 Å². The van der Waals surface area contributed by atoms with Crippen molar-refractivity contribution in [1.29, 1.82) is 0 Å². The zero-order valence-electron chi connectivity index (χ0n) is 10.2. The molecule has 1 aromatic carbocycles. The van der Waals surface area contributed by atoms with Crippen LogP contribution in [0.5, 0.6) is 0 Å². The molecule has 0 aliphatic rings. The Labute approximate surface area is 110 Å². The lowest BCUT2D eigenvalue weighted by atomic mass is 9.99. The Balaban J connectivity index is 0.00000225. The number of benzene rings is 1. The van der Waals surface area contributed by atoms with Crippen molar-refractivity contribution in [3.8, 4) is 0 Å². The summed E-state index contributed by atoms with van der Waals surface area (Å²) in [7, 11) is 2.15. The zero-order chi connectivity index (χ0) is 11.3. The molecule has 0 saturated heterocycles. The van der Waals surface area contributed by atoms with Crippen molar-refractivity contribution in [2.75, 3.05) is 12.9 Å². The number of hydrogen-bond acceptors (Lipinski definition) is 1. The van der Waals surface area contributed by atoms with Crippen molar-refractivity contribution < 1.29 is 0 Å². The summed E-state index contributed by atoms with van der Waals surface area (Å²) >= 11 is 5.81. The molecule has 0 fully saturated rings. The highest BCUT2D eigenvalue weighted by atomic mass is 35.5. The predicted molar refractivity (Wildman–Crippen MR) is 74.6 cm³/mol. The number of nitrogens with zero attached hydrogens (tertiary/aromatic N) is 1. The summed E-state index contributed by atoms with van der Waals surface area (Å²) in [4.78, 5) is 2.35. The van der Waals surface area contributed by atoms with Crippen molar-refractivity contribution in [3.05, 3.63) is 35.9 Å². The molecule has 0 amide bonds. The summed E-state index contributed by atoms with van der Waals surface area (Å²) in [5.41, 5.74) is 1.51. The van der Waals surface area contributed by atoms with Gasteiger partial charge < -0.3 is 0 Å². The highest BCUT2D eigenvalue weighted by molar-refractivity contribution is 6.17. The maximum Gasteiger partial charge on any atom is 0.0240 e. The average molecular weight is 262 g/mol. The standard InChI is InChI=1S/C13H20ClN.ClH/c1-13(2,9-10-14)15(3)11-12-7-5-4-6-8-12;/h4-8H,9-11H2,1-3H3;1H. The van der Waals surface area contributed by atoms with Gasteiger partial charge in [0.1, 0.15) is 0 Å². The first-order valence-corrected chi connectivity index (χ1v) is 5.91. The Morgan fingerprint density at radius 3 is 2.25 bits per heavy atom. The van der Waals surface area contributed by atoms with E-state index < -0.39 is 0 Å². The molecule has 92 valence electrons. The van der Waals surface area contributed by atoms with Crippen LogP contribution in [0, 0.1) is 0 Å². The average Bonchev–Trinajstić information content (AvgIpc) is 2.19. The molecular formula is C13H21Cl2N. The summed E-state index contributed by atoms with van der Waals surface area (Å²) < 4.78 is 0. The van der Waals surface area contributed by atoms with Crippen LogP contribution in [0.15, 0.2) is 30.3 Å². The fourth-order valence-electron chi connectivity index (χ4n) is 1.49. The fourth-order valence-corrected chi connectivity index (χ4v) is 1.96.